The fourth-order valence-electron chi connectivity index (χ4n) is 4.75. The van der Waals surface area contributed by atoms with Gasteiger partial charge in [0.1, 0.15) is 11.8 Å². The van der Waals surface area contributed by atoms with E-state index in [1.807, 2.05) is 43.0 Å². The molecule has 2 atom stereocenters. The maximum absolute atomic E-state index is 13.3. The zero-order valence-corrected chi connectivity index (χ0v) is 20.1. The number of carbonyl (C=O) groups excluding carboxylic acids is 2. The lowest BCUT2D eigenvalue weighted by Crippen LogP contribution is -2.65. The maximum Gasteiger partial charge on any atom is 0.289 e. The zero-order chi connectivity index (χ0) is 23.1. The SMILES string of the molecule is Cc1ccc(OC2C(=O)N(C3CCN(C(=O)c4ccco4)CC3)C2c2ccc(Cl)s2)c(C)c1. The normalized spacial score (nSPS) is 21.2. The predicted octanol–water partition coefficient (Wildman–Crippen LogP) is 5.25. The Balaban J connectivity index is 1.33. The number of hydrogen-bond donors (Lipinski definition) is 0. The summed E-state index contributed by atoms with van der Waals surface area (Å²) in [5.41, 5.74) is 2.16. The molecule has 2 saturated heterocycles. The number of nitrogens with zero attached hydrogens (tertiary/aromatic N) is 2. The average molecular weight is 485 g/mol. The number of amides is 2. The summed E-state index contributed by atoms with van der Waals surface area (Å²) in [5, 5.41) is 0. The number of halogens is 1. The van der Waals surface area contributed by atoms with Crippen LogP contribution in [0, 0.1) is 13.8 Å². The van der Waals surface area contributed by atoms with Gasteiger partial charge in [-0.05, 0) is 62.6 Å². The smallest absolute Gasteiger partial charge is 0.289 e. The van der Waals surface area contributed by atoms with Crippen molar-refractivity contribution in [3.05, 3.63) is 74.8 Å². The number of ether oxygens (including phenoxy) is 1. The fraction of sp³-hybridized carbons (Fsp3) is 0.360. The van der Waals surface area contributed by atoms with Gasteiger partial charge in [-0.25, -0.2) is 0 Å². The van der Waals surface area contributed by atoms with Crippen LogP contribution in [-0.4, -0.2) is 46.8 Å². The van der Waals surface area contributed by atoms with Gasteiger partial charge in [-0.15, -0.1) is 11.3 Å². The minimum atomic E-state index is -0.580. The Kier molecular flexibility index (Phi) is 5.93. The third-order valence-electron chi connectivity index (χ3n) is 6.43. The van der Waals surface area contributed by atoms with Gasteiger partial charge in [-0.1, -0.05) is 29.3 Å². The topological polar surface area (TPSA) is 63.0 Å². The minimum absolute atomic E-state index is 0.0136. The largest absolute Gasteiger partial charge is 0.478 e. The van der Waals surface area contributed by atoms with Crippen molar-refractivity contribution in [1.82, 2.24) is 9.80 Å². The van der Waals surface area contributed by atoms with Crippen LogP contribution >= 0.6 is 22.9 Å². The molecule has 5 rings (SSSR count). The van der Waals surface area contributed by atoms with Gasteiger partial charge in [-0.2, -0.15) is 0 Å². The molecule has 3 aromatic rings. The van der Waals surface area contributed by atoms with Crippen molar-refractivity contribution in [3.63, 3.8) is 0 Å². The van der Waals surface area contributed by atoms with E-state index in [0.717, 1.165) is 21.8 Å². The van der Waals surface area contributed by atoms with Gasteiger partial charge < -0.3 is 19.0 Å². The van der Waals surface area contributed by atoms with Gasteiger partial charge in [0.05, 0.1) is 10.6 Å². The summed E-state index contributed by atoms with van der Waals surface area (Å²) >= 11 is 7.71. The van der Waals surface area contributed by atoms with Crippen LogP contribution < -0.4 is 4.74 Å². The van der Waals surface area contributed by atoms with Crippen molar-refractivity contribution in [2.24, 2.45) is 0 Å². The summed E-state index contributed by atoms with van der Waals surface area (Å²) in [6.07, 6.45) is 2.35. The number of rotatable bonds is 5. The molecular weight excluding hydrogens is 460 g/mol. The second kappa shape index (κ2) is 8.88. The molecule has 2 fully saturated rings. The molecule has 8 heteroatoms. The number of piperidine rings is 1. The number of hydrogen-bond acceptors (Lipinski definition) is 5. The summed E-state index contributed by atoms with van der Waals surface area (Å²) in [6, 6.07) is 13.1. The molecule has 0 N–H and O–H groups in total. The molecule has 0 saturated carbocycles. The number of thiophene rings is 1. The van der Waals surface area contributed by atoms with Gasteiger partial charge in [0.25, 0.3) is 11.8 Å². The minimum Gasteiger partial charge on any atom is -0.478 e. The van der Waals surface area contributed by atoms with Crippen LogP contribution in [-0.2, 0) is 4.79 Å². The van der Waals surface area contributed by atoms with Gasteiger partial charge in [0.2, 0.25) is 6.10 Å². The molecule has 2 aliphatic heterocycles. The van der Waals surface area contributed by atoms with Crippen molar-refractivity contribution < 1.29 is 18.7 Å². The van der Waals surface area contributed by atoms with Crippen LogP contribution in [0.2, 0.25) is 4.34 Å². The molecule has 0 bridgehead atoms. The molecule has 6 nitrogen and oxygen atoms in total. The lowest BCUT2D eigenvalue weighted by atomic mass is 9.89. The van der Waals surface area contributed by atoms with Gasteiger partial charge in [0.15, 0.2) is 5.76 Å². The van der Waals surface area contributed by atoms with E-state index in [1.54, 1.807) is 17.0 Å². The Morgan fingerprint density at radius 2 is 1.94 bits per heavy atom. The fourth-order valence-corrected chi connectivity index (χ4v) is 5.94. The highest BCUT2D eigenvalue weighted by Crippen LogP contribution is 2.44. The van der Waals surface area contributed by atoms with E-state index in [4.69, 9.17) is 20.8 Å². The Morgan fingerprint density at radius 3 is 2.58 bits per heavy atom. The predicted molar refractivity (Wildman–Crippen MR) is 127 cm³/mol. The highest BCUT2D eigenvalue weighted by atomic mass is 35.5. The van der Waals surface area contributed by atoms with Crippen molar-refractivity contribution in [2.45, 2.75) is 44.9 Å². The quantitative estimate of drug-likeness (QED) is 0.464. The molecule has 172 valence electrons. The molecule has 1 aromatic carbocycles. The van der Waals surface area contributed by atoms with Crippen LogP contribution in [0.1, 0.15) is 45.4 Å². The van der Waals surface area contributed by atoms with Crippen LogP contribution in [0.5, 0.6) is 5.75 Å². The molecular formula is C25H25ClN2O4S. The number of aryl methyl sites for hydroxylation is 2. The molecule has 0 radical (unpaired) electrons. The maximum atomic E-state index is 13.3. The van der Waals surface area contributed by atoms with E-state index in [1.165, 1.54) is 17.6 Å². The standard InChI is InChI=1S/C25H25ClN2O4S/c1-15-5-6-18(16(2)14-15)32-23-22(20-7-8-21(26)33-20)28(25(23)30)17-9-11-27(12-10-17)24(29)19-4-3-13-31-19/h3-8,13-14,17,22-23H,9-12H2,1-2H3. The Labute approximate surface area is 201 Å². The lowest BCUT2D eigenvalue weighted by molar-refractivity contribution is -0.170. The highest BCUT2D eigenvalue weighted by Gasteiger charge is 2.54. The third kappa shape index (κ3) is 4.15. The van der Waals surface area contributed by atoms with Gasteiger partial charge in [0, 0.05) is 24.0 Å². The van der Waals surface area contributed by atoms with E-state index in [-0.39, 0.29) is 23.9 Å². The molecule has 33 heavy (non-hydrogen) atoms. The van der Waals surface area contributed by atoms with Crippen molar-refractivity contribution in [3.8, 4) is 5.75 Å². The molecule has 2 aliphatic rings. The van der Waals surface area contributed by atoms with E-state index in [9.17, 15) is 9.59 Å². The first-order valence-corrected chi connectivity index (χ1v) is 12.3. The second-order valence-corrected chi connectivity index (χ2v) is 10.4. The van der Waals surface area contributed by atoms with Crippen LogP contribution in [0.25, 0.3) is 0 Å². The highest BCUT2D eigenvalue weighted by molar-refractivity contribution is 7.16. The first-order valence-electron chi connectivity index (χ1n) is 11.1. The van der Waals surface area contributed by atoms with E-state index >= 15 is 0 Å². The van der Waals surface area contributed by atoms with Crippen molar-refractivity contribution >= 4 is 34.8 Å². The Morgan fingerprint density at radius 1 is 1.15 bits per heavy atom. The summed E-state index contributed by atoms with van der Waals surface area (Å²) in [5.74, 6) is 0.956. The third-order valence-corrected chi connectivity index (χ3v) is 7.73. The van der Waals surface area contributed by atoms with E-state index in [2.05, 4.69) is 6.07 Å². The molecule has 2 unspecified atom stereocenters. The Hall–Kier alpha value is -2.77. The van der Waals surface area contributed by atoms with Crippen LogP contribution in [0.15, 0.2) is 53.1 Å². The summed E-state index contributed by atoms with van der Waals surface area (Å²) in [4.78, 5) is 30.7. The Bertz CT molecular complexity index is 1170. The van der Waals surface area contributed by atoms with Crippen molar-refractivity contribution in [1.29, 1.82) is 0 Å². The first kappa shape index (κ1) is 22.0. The summed E-state index contributed by atoms with van der Waals surface area (Å²) in [7, 11) is 0. The number of β-lactam (4-membered cyclic amide) rings is 1. The first-order chi connectivity index (χ1) is 15.9. The molecule has 2 aromatic heterocycles. The monoisotopic (exact) mass is 484 g/mol. The van der Waals surface area contributed by atoms with Crippen molar-refractivity contribution in [2.75, 3.05) is 13.1 Å². The lowest BCUT2D eigenvalue weighted by Gasteiger charge is -2.51. The van der Waals surface area contributed by atoms with Gasteiger partial charge in [-0.3, -0.25) is 9.59 Å². The summed E-state index contributed by atoms with van der Waals surface area (Å²) < 4.78 is 12.2. The van der Waals surface area contributed by atoms with E-state index < -0.39 is 6.10 Å². The number of carbonyl (C=O) groups is 2. The van der Waals surface area contributed by atoms with Crippen LogP contribution in [0.4, 0.5) is 0 Å². The second-order valence-electron chi connectivity index (χ2n) is 8.64. The average Bonchev–Trinajstić information content (AvgIpc) is 3.48. The molecule has 4 heterocycles. The molecule has 2 amide bonds. The number of furan rings is 1. The number of benzene rings is 1. The number of likely N-dealkylation sites (tertiary alicyclic amines) is 2. The molecule has 0 spiro atoms. The van der Waals surface area contributed by atoms with E-state index in [0.29, 0.717) is 36.0 Å². The summed E-state index contributed by atoms with van der Waals surface area (Å²) in [6.45, 7) is 5.18. The molecule has 0 aliphatic carbocycles. The zero-order valence-electron chi connectivity index (χ0n) is 18.5. The van der Waals surface area contributed by atoms with Gasteiger partial charge >= 0.3 is 0 Å². The van der Waals surface area contributed by atoms with Crippen LogP contribution in [0.3, 0.4) is 0 Å².